The predicted octanol–water partition coefficient (Wildman–Crippen LogP) is 4.75. The maximum absolute atomic E-state index is 13.5. The lowest BCUT2D eigenvalue weighted by molar-refractivity contribution is -0.142. The third kappa shape index (κ3) is 4.39. The number of ether oxygens (including phenoxy) is 2. The number of phenols is 1. The molecule has 7 heteroatoms. The summed E-state index contributed by atoms with van der Waals surface area (Å²) in [6, 6.07) is 10.9. The fourth-order valence-electron chi connectivity index (χ4n) is 5.27. The van der Waals surface area contributed by atoms with Crippen LogP contribution in [0.4, 0.5) is 0 Å². The van der Waals surface area contributed by atoms with Crippen LogP contribution in [0.1, 0.15) is 54.9 Å². The second kappa shape index (κ2) is 9.23. The van der Waals surface area contributed by atoms with Gasteiger partial charge < -0.3 is 14.6 Å². The van der Waals surface area contributed by atoms with Gasteiger partial charge in [0.2, 0.25) is 0 Å². The van der Waals surface area contributed by atoms with Crippen molar-refractivity contribution in [1.82, 2.24) is 0 Å². The number of carbonyl (C=O) groups is 2. The molecule has 0 amide bonds. The topological polar surface area (TPSA) is 85.2 Å². The molecule has 1 aliphatic carbocycles. The SMILES string of the molecule is CC1=C(C(=O)OC[C@@H]2CCCO2)[C@@H](c2cccc(O)c2)[C@@H]2C(=O)C[C@H](c3cccs3)CC2=N1. The Kier molecular flexibility index (Phi) is 6.17. The van der Waals surface area contributed by atoms with Crippen LogP contribution in [0.5, 0.6) is 5.75 Å². The first-order valence-electron chi connectivity index (χ1n) is 11.4. The highest BCUT2D eigenvalue weighted by Gasteiger charge is 2.46. The number of ketones is 1. The summed E-state index contributed by atoms with van der Waals surface area (Å²) in [4.78, 5) is 32.8. The third-order valence-corrected chi connectivity index (χ3v) is 7.81. The van der Waals surface area contributed by atoms with Gasteiger partial charge in [-0.05, 0) is 55.3 Å². The molecule has 3 heterocycles. The number of rotatable bonds is 5. The zero-order chi connectivity index (χ0) is 22.9. The molecule has 1 aromatic heterocycles. The van der Waals surface area contributed by atoms with E-state index in [1.54, 1.807) is 36.5 Å². The smallest absolute Gasteiger partial charge is 0.336 e. The Hall–Kier alpha value is -2.77. The van der Waals surface area contributed by atoms with Gasteiger partial charge in [-0.2, -0.15) is 0 Å². The molecule has 1 saturated carbocycles. The van der Waals surface area contributed by atoms with Crippen LogP contribution in [0.25, 0.3) is 0 Å². The van der Waals surface area contributed by atoms with Crippen molar-refractivity contribution in [2.24, 2.45) is 10.9 Å². The predicted molar refractivity (Wildman–Crippen MR) is 126 cm³/mol. The summed E-state index contributed by atoms with van der Waals surface area (Å²) in [7, 11) is 0. The molecule has 6 nitrogen and oxygen atoms in total. The van der Waals surface area contributed by atoms with Gasteiger partial charge in [0, 0.05) is 41.1 Å². The Morgan fingerprint density at radius 3 is 2.85 bits per heavy atom. The fourth-order valence-corrected chi connectivity index (χ4v) is 6.10. The summed E-state index contributed by atoms with van der Waals surface area (Å²) in [6.45, 7) is 2.68. The number of carbonyl (C=O) groups excluding carboxylic acids is 2. The Labute approximate surface area is 197 Å². The van der Waals surface area contributed by atoms with E-state index in [2.05, 4.69) is 6.07 Å². The zero-order valence-electron chi connectivity index (χ0n) is 18.5. The first kappa shape index (κ1) is 22.0. The molecule has 5 rings (SSSR count). The summed E-state index contributed by atoms with van der Waals surface area (Å²) in [5, 5.41) is 12.2. The number of aliphatic imine (C=N–C) groups is 1. The fraction of sp³-hybridized carbons (Fsp3) is 0.423. The average molecular weight is 466 g/mol. The number of benzene rings is 1. The molecule has 33 heavy (non-hydrogen) atoms. The molecule has 0 spiro atoms. The van der Waals surface area contributed by atoms with Crippen molar-refractivity contribution in [3.8, 4) is 5.75 Å². The van der Waals surface area contributed by atoms with Gasteiger partial charge in [0.15, 0.2) is 0 Å². The first-order valence-corrected chi connectivity index (χ1v) is 12.3. The quantitative estimate of drug-likeness (QED) is 0.644. The van der Waals surface area contributed by atoms with Crippen LogP contribution in [-0.4, -0.2) is 41.9 Å². The van der Waals surface area contributed by atoms with Gasteiger partial charge in [0.05, 0.1) is 17.6 Å². The average Bonchev–Trinajstić information content (AvgIpc) is 3.50. The van der Waals surface area contributed by atoms with Crippen molar-refractivity contribution >= 4 is 28.8 Å². The van der Waals surface area contributed by atoms with E-state index in [9.17, 15) is 14.7 Å². The van der Waals surface area contributed by atoms with E-state index in [0.29, 0.717) is 30.7 Å². The van der Waals surface area contributed by atoms with Crippen LogP contribution in [0.2, 0.25) is 0 Å². The Morgan fingerprint density at radius 1 is 1.24 bits per heavy atom. The Morgan fingerprint density at radius 2 is 2.12 bits per heavy atom. The lowest BCUT2D eigenvalue weighted by Crippen LogP contribution is -2.41. The number of esters is 1. The van der Waals surface area contributed by atoms with Gasteiger partial charge in [-0.25, -0.2) is 4.79 Å². The number of phenolic OH excluding ortho intramolecular Hbond substituents is 1. The van der Waals surface area contributed by atoms with E-state index >= 15 is 0 Å². The lowest BCUT2D eigenvalue weighted by Gasteiger charge is -2.38. The van der Waals surface area contributed by atoms with Crippen molar-refractivity contribution in [2.75, 3.05) is 13.2 Å². The van der Waals surface area contributed by atoms with E-state index in [1.165, 1.54) is 4.88 Å². The van der Waals surface area contributed by atoms with Crippen molar-refractivity contribution < 1.29 is 24.2 Å². The summed E-state index contributed by atoms with van der Waals surface area (Å²) in [5.74, 6) is -1.24. The van der Waals surface area contributed by atoms with E-state index in [4.69, 9.17) is 14.5 Å². The first-order chi connectivity index (χ1) is 16.0. The summed E-state index contributed by atoms with van der Waals surface area (Å²) in [6.07, 6.45) is 2.85. The van der Waals surface area contributed by atoms with Gasteiger partial charge >= 0.3 is 5.97 Å². The minimum absolute atomic E-state index is 0.0728. The van der Waals surface area contributed by atoms with Crippen LogP contribution in [0, 0.1) is 5.92 Å². The minimum Gasteiger partial charge on any atom is -0.508 e. The van der Waals surface area contributed by atoms with Crippen LogP contribution in [0.3, 0.4) is 0 Å². The molecule has 0 unspecified atom stereocenters. The van der Waals surface area contributed by atoms with E-state index < -0.39 is 17.8 Å². The van der Waals surface area contributed by atoms with Gasteiger partial charge in [-0.3, -0.25) is 9.79 Å². The zero-order valence-corrected chi connectivity index (χ0v) is 19.3. The number of fused-ring (bicyclic) bond motifs is 1. The maximum Gasteiger partial charge on any atom is 0.336 e. The van der Waals surface area contributed by atoms with Crippen molar-refractivity contribution in [3.63, 3.8) is 0 Å². The second-order valence-electron chi connectivity index (χ2n) is 8.97. The number of thiophene rings is 1. The molecule has 172 valence electrons. The third-order valence-electron chi connectivity index (χ3n) is 6.77. The molecule has 4 atom stereocenters. The molecular formula is C26H27NO5S. The largest absolute Gasteiger partial charge is 0.508 e. The molecule has 1 N–H and O–H groups in total. The van der Waals surface area contributed by atoms with Gasteiger partial charge in [0.1, 0.15) is 18.1 Å². The van der Waals surface area contributed by atoms with Gasteiger partial charge in [0.25, 0.3) is 0 Å². The van der Waals surface area contributed by atoms with Crippen LogP contribution >= 0.6 is 11.3 Å². The van der Waals surface area contributed by atoms with Gasteiger partial charge in [-0.15, -0.1) is 11.3 Å². The summed E-state index contributed by atoms with van der Waals surface area (Å²) >= 11 is 1.66. The molecule has 0 radical (unpaired) electrons. The normalized spacial score (nSPS) is 27.3. The molecule has 2 aliphatic heterocycles. The Bertz CT molecular complexity index is 1110. The summed E-state index contributed by atoms with van der Waals surface area (Å²) < 4.78 is 11.2. The number of hydrogen-bond acceptors (Lipinski definition) is 7. The minimum atomic E-state index is -0.531. The molecule has 1 aromatic carbocycles. The van der Waals surface area contributed by atoms with E-state index in [1.807, 2.05) is 17.5 Å². The number of allylic oxidation sites excluding steroid dienone is 1. The van der Waals surface area contributed by atoms with Crippen molar-refractivity contribution in [1.29, 1.82) is 0 Å². The highest BCUT2D eigenvalue weighted by Crippen LogP contribution is 2.46. The van der Waals surface area contributed by atoms with Gasteiger partial charge in [-0.1, -0.05) is 18.2 Å². The standard InChI is InChI=1S/C26H27NO5S/c1-15-23(26(30)32-14-19-7-3-9-31-19)24(16-5-2-6-18(28)11-16)25-20(27-15)12-17(13-21(25)29)22-8-4-10-33-22/h2,4-6,8,10-11,17,19,24-25,28H,3,7,9,12-14H2,1H3/t17-,19+,24-,25+/m1/s1. The van der Waals surface area contributed by atoms with Crippen molar-refractivity contribution in [3.05, 3.63) is 63.5 Å². The Balaban J connectivity index is 1.51. The second-order valence-corrected chi connectivity index (χ2v) is 9.95. The highest BCUT2D eigenvalue weighted by molar-refractivity contribution is 7.10. The molecule has 0 bridgehead atoms. The molecule has 2 aromatic rings. The number of Topliss-reactive ketones (excluding diaryl/α,β-unsaturated/α-hetero) is 1. The number of hydrogen-bond donors (Lipinski definition) is 1. The molecular weight excluding hydrogens is 438 g/mol. The number of aromatic hydroxyl groups is 1. The number of nitrogens with zero attached hydrogens (tertiary/aromatic N) is 1. The van der Waals surface area contributed by atoms with Crippen LogP contribution < -0.4 is 0 Å². The molecule has 2 fully saturated rings. The van der Waals surface area contributed by atoms with Crippen molar-refractivity contribution in [2.45, 2.75) is 50.5 Å². The highest BCUT2D eigenvalue weighted by atomic mass is 32.1. The van der Waals surface area contributed by atoms with Crippen LogP contribution in [0.15, 0.2) is 58.0 Å². The monoisotopic (exact) mass is 465 g/mol. The molecule has 3 aliphatic rings. The van der Waals surface area contributed by atoms with E-state index in [0.717, 1.165) is 24.1 Å². The maximum atomic E-state index is 13.5. The van der Waals surface area contributed by atoms with E-state index in [-0.39, 0.29) is 30.2 Å². The summed E-state index contributed by atoms with van der Waals surface area (Å²) in [5.41, 5.74) is 2.51. The molecule has 1 saturated heterocycles. The van der Waals surface area contributed by atoms with Crippen LogP contribution in [-0.2, 0) is 19.1 Å². The lowest BCUT2D eigenvalue weighted by atomic mass is 9.67.